The van der Waals surface area contributed by atoms with Crippen LogP contribution in [0.5, 0.6) is 0 Å². The number of hydroxylamine groups is 2. The number of carbonyl (C=O) groups excluding carboxylic acids is 1. The van der Waals surface area contributed by atoms with Crippen LogP contribution in [0.3, 0.4) is 0 Å². The molecule has 1 N–H and O–H groups in total. The topological polar surface area (TPSA) is 120 Å². The Morgan fingerprint density at radius 3 is 2.28 bits per heavy atom. The Labute approximate surface area is 224 Å². The summed E-state index contributed by atoms with van der Waals surface area (Å²) in [6.07, 6.45) is -1.21. The molecule has 8 nitrogen and oxygen atoms in total. The third-order valence-corrected chi connectivity index (χ3v) is 9.83. The van der Waals surface area contributed by atoms with Crippen molar-refractivity contribution in [1.82, 2.24) is 9.96 Å². The van der Waals surface area contributed by atoms with Gasteiger partial charge in [0.1, 0.15) is 17.9 Å². The largest absolute Gasteiger partial charge is 0.622 e. The lowest BCUT2D eigenvalue weighted by molar-refractivity contribution is -0.137. The number of alkyl halides is 3. The highest BCUT2D eigenvalue weighted by atomic mass is 32.2. The van der Waals surface area contributed by atoms with Gasteiger partial charge in [-0.3, -0.25) is 9.44 Å². The van der Waals surface area contributed by atoms with Crippen molar-refractivity contribution < 1.29 is 34.8 Å². The molecule has 2 aromatic carbocycles. The molecule has 39 heavy (non-hydrogen) atoms. The molecule has 2 aliphatic rings. The van der Waals surface area contributed by atoms with Gasteiger partial charge in [-0.25, -0.2) is 16.8 Å². The zero-order valence-electron chi connectivity index (χ0n) is 21.2. The molecular weight excluding hydrogens is 557 g/mol. The third-order valence-electron chi connectivity index (χ3n) is 6.72. The van der Waals surface area contributed by atoms with E-state index in [9.17, 15) is 40.0 Å². The van der Waals surface area contributed by atoms with Gasteiger partial charge in [0.15, 0.2) is 19.7 Å². The lowest BCUT2D eigenvalue weighted by Gasteiger charge is -2.45. The number of halogens is 3. The number of allylic oxidation sites excluding steroid dienone is 2. The van der Waals surface area contributed by atoms with E-state index in [1.165, 1.54) is 31.2 Å². The molecule has 1 atom stereocenters. The first-order valence-electron chi connectivity index (χ1n) is 12.0. The molecule has 0 aromatic heterocycles. The fraction of sp³-hybridized carbons (Fsp3) is 0.346. The quantitative estimate of drug-likeness (QED) is 0.370. The van der Waals surface area contributed by atoms with Crippen LogP contribution in [0, 0.1) is 5.21 Å². The lowest BCUT2D eigenvalue weighted by atomic mass is 10.0. The number of carbonyl (C=O) groups is 1. The van der Waals surface area contributed by atoms with Gasteiger partial charge in [-0.15, -0.1) is 0 Å². The lowest BCUT2D eigenvalue weighted by Crippen LogP contribution is -2.48. The standard InChI is InChI=1S/C26H27F3N2O6S2/c1-17-20(16-38(2,34)35)12-19(15-31(17,33)22-5-3-4-21(13-22)26(27,28)29)25(32)30-14-18-6-8-23(9-7-18)39(36,37)24-10-11-24/h3-9,12-13,24H,10-11,14-16H2,1-2H3,(H,30,32). The number of sulfone groups is 2. The van der Waals surface area contributed by atoms with Gasteiger partial charge in [0.2, 0.25) is 0 Å². The third kappa shape index (κ3) is 6.43. The van der Waals surface area contributed by atoms with Gasteiger partial charge in [-0.05, 0) is 48.7 Å². The first kappa shape index (κ1) is 29.0. The Bertz CT molecular complexity index is 1580. The average Bonchev–Trinajstić information content (AvgIpc) is 3.71. The summed E-state index contributed by atoms with van der Waals surface area (Å²) in [5.74, 6) is -1.28. The van der Waals surface area contributed by atoms with Crippen molar-refractivity contribution in [3.8, 4) is 0 Å². The van der Waals surface area contributed by atoms with E-state index < -0.39 is 54.3 Å². The SMILES string of the molecule is CC1=C(CS(C)(=O)=O)C=C(C(=O)NCc2ccc(S(=O)(=O)C3CC3)cc2)C[N+]1([O-])c1cccc(C(F)(F)F)c1. The van der Waals surface area contributed by atoms with Gasteiger partial charge >= 0.3 is 6.18 Å². The number of nitrogens with one attached hydrogen (secondary N) is 1. The molecule has 0 bridgehead atoms. The van der Waals surface area contributed by atoms with Crippen LogP contribution in [0.2, 0.25) is 0 Å². The molecule has 210 valence electrons. The second-order valence-corrected chi connectivity index (χ2v) is 14.2. The van der Waals surface area contributed by atoms with Crippen LogP contribution < -0.4 is 9.96 Å². The average molecular weight is 585 g/mol. The van der Waals surface area contributed by atoms with Crippen molar-refractivity contribution in [2.75, 3.05) is 18.6 Å². The molecule has 0 radical (unpaired) electrons. The highest BCUT2D eigenvalue weighted by Crippen LogP contribution is 2.39. The number of nitrogens with zero attached hydrogens (tertiary/aromatic N) is 1. The fourth-order valence-corrected chi connectivity index (χ4v) is 6.89. The van der Waals surface area contributed by atoms with Gasteiger partial charge in [-0.2, -0.15) is 13.2 Å². The molecule has 0 spiro atoms. The summed E-state index contributed by atoms with van der Waals surface area (Å²) < 4.78 is 87.4. The van der Waals surface area contributed by atoms with Gasteiger partial charge < -0.3 is 10.5 Å². The van der Waals surface area contributed by atoms with Crippen LogP contribution in [0.25, 0.3) is 0 Å². The van der Waals surface area contributed by atoms with E-state index in [1.54, 1.807) is 12.1 Å². The summed E-state index contributed by atoms with van der Waals surface area (Å²) in [4.78, 5) is 13.3. The molecule has 1 aliphatic carbocycles. The van der Waals surface area contributed by atoms with Crippen LogP contribution in [0.15, 0.2) is 76.3 Å². The van der Waals surface area contributed by atoms with Crippen molar-refractivity contribution in [3.05, 3.63) is 87.8 Å². The zero-order chi connectivity index (χ0) is 28.8. The molecule has 2 aromatic rings. The second-order valence-electron chi connectivity index (χ2n) is 9.87. The Morgan fingerprint density at radius 1 is 1.08 bits per heavy atom. The van der Waals surface area contributed by atoms with Crippen molar-refractivity contribution in [2.24, 2.45) is 0 Å². The van der Waals surface area contributed by atoms with Crippen LogP contribution in [-0.2, 0) is 37.2 Å². The molecule has 1 saturated carbocycles. The Balaban J connectivity index is 1.60. The summed E-state index contributed by atoms with van der Waals surface area (Å²) in [7, 11) is -7.02. The molecule has 1 heterocycles. The maximum atomic E-state index is 14.1. The van der Waals surface area contributed by atoms with E-state index in [0.29, 0.717) is 24.5 Å². The Hall–Kier alpha value is -3.00. The minimum atomic E-state index is -4.71. The highest BCUT2D eigenvalue weighted by molar-refractivity contribution is 7.92. The maximum Gasteiger partial charge on any atom is 0.416 e. The number of rotatable bonds is 8. The summed E-state index contributed by atoms with van der Waals surface area (Å²) in [6.45, 7) is 0.771. The maximum absolute atomic E-state index is 14.1. The Kier molecular flexibility index (Phi) is 7.58. The predicted molar refractivity (Wildman–Crippen MR) is 140 cm³/mol. The van der Waals surface area contributed by atoms with E-state index in [2.05, 4.69) is 5.32 Å². The molecular formula is C26H27F3N2O6S2. The molecule has 13 heteroatoms. The van der Waals surface area contributed by atoms with E-state index in [-0.39, 0.29) is 39.2 Å². The molecule has 1 fully saturated rings. The smallest absolute Gasteiger partial charge is 0.416 e. The first-order valence-corrected chi connectivity index (χ1v) is 15.6. The van der Waals surface area contributed by atoms with E-state index >= 15 is 0 Å². The zero-order valence-corrected chi connectivity index (χ0v) is 22.8. The molecule has 0 saturated heterocycles. The number of hydrogen-bond acceptors (Lipinski definition) is 6. The Morgan fingerprint density at radius 2 is 1.72 bits per heavy atom. The minimum absolute atomic E-state index is 0.0214. The predicted octanol–water partition coefficient (Wildman–Crippen LogP) is 4.02. The number of amides is 1. The summed E-state index contributed by atoms with van der Waals surface area (Å²) in [5, 5.41) is 16.3. The van der Waals surface area contributed by atoms with Crippen LogP contribution in [0.4, 0.5) is 18.9 Å². The van der Waals surface area contributed by atoms with E-state index in [0.717, 1.165) is 18.4 Å². The van der Waals surface area contributed by atoms with Crippen LogP contribution in [0.1, 0.15) is 30.9 Å². The normalized spacial score (nSPS) is 20.5. The van der Waals surface area contributed by atoms with Gasteiger partial charge in [0.05, 0.1) is 27.0 Å². The van der Waals surface area contributed by atoms with Crippen molar-refractivity contribution >= 4 is 31.3 Å². The number of quaternary nitrogens is 1. The van der Waals surface area contributed by atoms with Crippen molar-refractivity contribution in [2.45, 2.75) is 42.6 Å². The fourth-order valence-electron chi connectivity index (χ4n) is 4.37. The summed E-state index contributed by atoms with van der Waals surface area (Å²) in [5.41, 5.74) is -0.865. The van der Waals surface area contributed by atoms with Crippen LogP contribution >= 0.6 is 0 Å². The van der Waals surface area contributed by atoms with Gasteiger partial charge in [0, 0.05) is 31.4 Å². The van der Waals surface area contributed by atoms with E-state index in [4.69, 9.17) is 0 Å². The summed E-state index contributed by atoms with van der Waals surface area (Å²) >= 11 is 0. The second kappa shape index (κ2) is 10.2. The van der Waals surface area contributed by atoms with Crippen molar-refractivity contribution in [1.29, 1.82) is 0 Å². The van der Waals surface area contributed by atoms with Gasteiger partial charge in [0.25, 0.3) is 5.91 Å². The molecule has 1 aliphatic heterocycles. The van der Waals surface area contributed by atoms with E-state index in [1.807, 2.05) is 0 Å². The molecule has 1 amide bonds. The number of hydrogen-bond donors (Lipinski definition) is 1. The van der Waals surface area contributed by atoms with Gasteiger partial charge in [-0.1, -0.05) is 18.2 Å². The van der Waals surface area contributed by atoms with Crippen molar-refractivity contribution in [3.63, 3.8) is 0 Å². The molecule has 1 unspecified atom stereocenters. The minimum Gasteiger partial charge on any atom is -0.622 e. The number of benzene rings is 2. The first-order chi connectivity index (χ1) is 18.0. The molecule has 4 rings (SSSR count). The monoisotopic (exact) mass is 584 g/mol. The highest BCUT2D eigenvalue weighted by Gasteiger charge is 2.38. The van der Waals surface area contributed by atoms with Crippen LogP contribution in [-0.4, -0.2) is 46.5 Å². The summed E-state index contributed by atoms with van der Waals surface area (Å²) in [6, 6.07) is 9.85.